The minimum Gasteiger partial charge on any atom is -0.316 e. The van der Waals surface area contributed by atoms with Crippen molar-refractivity contribution in [1.82, 2.24) is 15.5 Å². The van der Waals surface area contributed by atoms with Gasteiger partial charge in [0.05, 0.1) is 17.1 Å². The van der Waals surface area contributed by atoms with Gasteiger partial charge in [-0.25, -0.2) is 0 Å². The topological polar surface area (TPSA) is 102 Å². The summed E-state index contributed by atoms with van der Waals surface area (Å²) < 4.78 is 0. The molecule has 1 atom stereocenters. The third-order valence-corrected chi connectivity index (χ3v) is 5.21. The average molecular weight is 386 g/mol. The number of amides is 1. The molecule has 140 valence electrons. The molecule has 1 saturated heterocycles. The third kappa shape index (κ3) is 3.62. The highest BCUT2D eigenvalue weighted by molar-refractivity contribution is 6.33. The number of H-pyrrole nitrogens is 1. The van der Waals surface area contributed by atoms with E-state index in [-0.39, 0.29) is 11.8 Å². The van der Waals surface area contributed by atoms with Crippen LogP contribution in [0.2, 0.25) is 5.02 Å². The second-order valence-electron chi connectivity index (χ2n) is 6.67. The van der Waals surface area contributed by atoms with Crippen molar-refractivity contribution >= 4 is 39.9 Å². The number of rotatable bonds is 4. The molecule has 0 bridgehead atoms. The standard InChI is InChI=1S/C19H20ClN5O2/c20-16-5-4-13(25-27)9-14(16)11-3-6-17-15(8-11)18(24-23-17)22-19(26)12-2-1-7-21-10-12/h3-6,8-9,12,21,25,27H,1-2,7,10H2,(H2,22,23,24,26)/t12-/m1/s1. The van der Waals surface area contributed by atoms with E-state index < -0.39 is 0 Å². The monoisotopic (exact) mass is 385 g/mol. The second kappa shape index (κ2) is 7.56. The van der Waals surface area contributed by atoms with E-state index in [4.69, 9.17) is 16.8 Å². The Bertz CT molecular complexity index is 981. The number of aromatic nitrogens is 2. The Morgan fingerprint density at radius 2 is 2.15 bits per heavy atom. The Kier molecular flexibility index (Phi) is 4.98. The van der Waals surface area contributed by atoms with Crippen LogP contribution in [0.15, 0.2) is 36.4 Å². The highest BCUT2D eigenvalue weighted by Crippen LogP contribution is 2.33. The molecule has 1 aliphatic heterocycles. The summed E-state index contributed by atoms with van der Waals surface area (Å²) in [6.45, 7) is 1.65. The van der Waals surface area contributed by atoms with Gasteiger partial charge in [0.15, 0.2) is 5.82 Å². The lowest BCUT2D eigenvalue weighted by Gasteiger charge is -2.21. The number of benzene rings is 2. The molecule has 0 spiro atoms. The number of hydrogen-bond acceptors (Lipinski definition) is 5. The Balaban J connectivity index is 1.66. The summed E-state index contributed by atoms with van der Waals surface area (Å²) in [6.07, 6.45) is 1.88. The zero-order valence-electron chi connectivity index (χ0n) is 14.6. The van der Waals surface area contributed by atoms with Crippen LogP contribution in [0.5, 0.6) is 0 Å². The molecule has 27 heavy (non-hydrogen) atoms. The number of halogens is 1. The first-order valence-corrected chi connectivity index (χ1v) is 9.23. The van der Waals surface area contributed by atoms with E-state index in [9.17, 15) is 4.79 Å². The normalized spacial score (nSPS) is 17.0. The number of carbonyl (C=O) groups is 1. The summed E-state index contributed by atoms with van der Waals surface area (Å²) >= 11 is 6.33. The van der Waals surface area contributed by atoms with Crippen LogP contribution < -0.4 is 16.1 Å². The molecule has 1 fully saturated rings. The summed E-state index contributed by atoms with van der Waals surface area (Å²) in [5.74, 6) is 0.441. The van der Waals surface area contributed by atoms with E-state index in [1.807, 2.05) is 18.2 Å². The van der Waals surface area contributed by atoms with E-state index in [1.165, 1.54) is 0 Å². The Labute approximate surface area is 161 Å². The third-order valence-electron chi connectivity index (χ3n) is 4.88. The number of nitrogens with one attached hydrogen (secondary N) is 4. The molecular weight excluding hydrogens is 366 g/mol. The number of carbonyl (C=O) groups excluding carboxylic acids is 1. The zero-order valence-corrected chi connectivity index (χ0v) is 15.3. The molecule has 7 nitrogen and oxygen atoms in total. The highest BCUT2D eigenvalue weighted by atomic mass is 35.5. The van der Waals surface area contributed by atoms with Gasteiger partial charge in [0.1, 0.15) is 0 Å². The lowest BCUT2D eigenvalue weighted by atomic mass is 9.99. The number of nitrogens with zero attached hydrogens (tertiary/aromatic N) is 1. The zero-order chi connectivity index (χ0) is 18.8. The minimum atomic E-state index is -0.0459. The van der Waals surface area contributed by atoms with E-state index in [2.05, 4.69) is 26.3 Å². The van der Waals surface area contributed by atoms with Crippen molar-refractivity contribution in [1.29, 1.82) is 0 Å². The van der Waals surface area contributed by atoms with Crippen molar-refractivity contribution < 1.29 is 10.0 Å². The maximum Gasteiger partial charge on any atom is 0.229 e. The second-order valence-corrected chi connectivity index (χ2v) is 7.08. The van der Waals surface area contributed by atoms with E-state index in [1.54, 1.807) is 18.2 Å². The summed E-state index contributed by atoms with van der Waals surface area (Å²) in [4.78, 5) is 12.5. The maximum absolute atomic E-state index is 12.5. The van der Waals surface area contributed by atoms with Crippen molar-refractivity contribution in [3.8, 4) is 11.1 Å². The molecule has 1 aromatic heterocycles. The number of anilines is 2. The van der Waals surface area contributed by atoms with Gasteiger partial charge >= 0.3 is 0 Å². The van der Waals surface area contributed by atoms with Gasteiger partial charge in [-0.15, -0.1) is 0 Å². The van der Waals surface area contributed by atoms with Crippen LogP contribution in [0, 0.1) is 5.92 Å². The van der Waals surface area contributed by atoms with Crippen molar-refractivity contribution in [2.24, 2.45) is 5.92 Å². The smallest absolute Gasteiger partial charge is 0.229 e. The first-order valence-electron chi connectivity index (χ1n) is 8.85. The van der Waals surface area contributed by atoms with Crippen molar-refractivity contribution in [2.45, 2.75) is 12.8 Å². The first-order chi connectivity index (χ1) is 13.2. The van der Waals surface area contributed by atoms with Gasteiger partial charge in [-0.2, -0.15) is 5.10 Å². The van der Waals surface area contributed by atoms with Crippen molar-refractivity contribution in [2.75, 3.05) is 23.9 Å². The average Bonchev–Trinajstić information content (AvgIpc) is 3.11. The van der Waals surface area contributed by atoms with E-state index in [0.717, 1.165) is 41.4 Å². The summed E-state index contributed by atoms with van der Waals surface area (Å²) in [6, 6.07) is 10.9. The largest absolute Gasteiger partial charge is 0.316 e. The molecule has 0 aliphatic carbocycles. The fourth-order valence-corrected chi connectivity index (χ4v) is 3.61. The summed E-state index contributed by atoms with van der Waals surface area (Å²) in [5.41, 5.74) is 5.13. The predicted octanol–water partition coefficient (Wildman–Crippen LogP) is 3.62. The van der Waals surface area contributed by atoms with Gasteiger partial charge in [-0.1, -0.05) is 17.7 Å². The minimum absolute atomic E-state index is 0.0227. The van der Waals surface area contributed by atoms with Gasteiger partial charge in [0, 0.05) is 22.5 Å². The van der Waals surface area contributed by atoms with Crippen LogP contribution >= 0.6 is 11.6 Å². The maximum atomic E-state index is 12.5. The van der Waals surface area contributed by atoms with Crippen LogP contribution in [0.25, 0.3) is 22.0 Å². The Morgan fingerprint density at radius 1 is 1.26 bits per heavy atom. The fourth-order valence-electron chi connectivity index (χ4n) is 3.39. The van der Waals surface area contributed by atoms with Gasteiger partial charge in [-0.05, 0) is 55.3 Å². The van der Waals surface area contributed by atoms with Gasteiger partial charge < -0.3 is 10.6 Å². The molecule has 0 unspecified atom stereocenters. The van der Waals surface area contributed by atoms with Gasteiger partial charge in [-0.3, -0.25) is 20.6 Å². The Hall–Kier alpha value is -2.61. The van der Waals surface area contributed by atoms with Crippen LogP contribution in [0.3, 0.4) is 0 Å². The van der Waals surface area contributed by atoms with Gasteiger partial charge in [0.2, 0.25) is 5.91 Å². The quantitative estimate of drug-likeness (QED) is 0.441. The van der Waals surface area contributed by atoms with Crippen molar-refractivity contribution in [3.05, 3.63) is 41.4 Å². The number of piperidine rings is 1. The summed E-state index contributed by atoms with van der Waals surface area (Å²) in [7, 11) is 0. The molecule has 3 aromatic rings. The Morgan fingerprint density at radius 3 is 2.93 bits per heavy atom. The first kappa shape index (κ1) is 17.8. The molecule has 0 radical (unpaired) electrons. The molecule has 1 aliphatic rings. The molecule has 5 N–H and O–H groups in total. The molecule has 4 rings (SSSR count). The summed E-state index contributed by atoms with van der Waals surface area (Å²) in [5, 5.41) is 23.9. The fraction of sp³-hybridized carbons (Fsp3) is 0.263. The molecular formula is C19H20ClN5O2. The van der Waals surface area contributed by atoms with Gasteiger partial charge in [0.25, 0.3) is 0 Å². The van der Waals surface area contributed by atoms with Crippen LogP contribution in [0.1, 0.15) is 12.8 Å². The lowest BCUT2D eigenvalue weighted by molar-refractivity contribution is -0.120. The predicted molar refractivity (Wildman–Crippen MR) is 106 cm³/mol. The number of fused-ring (bicyclic) bond motifs is 1. The molecule has 2 aromatic carbocycles. The van der Waals surface area contributed by atoms with Crippen LogP contribution in [-0.2, 0) is 4.79 Å². The number of hydrogen-bond donors (Lipinski definition) is 5. The van der Waals surface area contributed by atoms with Crippen LogP contribution in [0.4, 0.5) is 11.5 Å². The van der Waals surface area contributed by atoms with Crippen molar-refractivity contribution in [3.63, 3.8) is 0 Å². The number of aromatic amines is 1. The molecule has 1 amide bonds. The molecule has 8 heteroatoms. The SMILES string of the molecule is O=C(Nc1n[nH]c2ccc(-c3cc(NO)ccc3Cl)cc12)[C@@H]1CCCNC1. The lowest BCUT2D eigenvalue weighted by Crippen LogP contribution is -2.37. The van der Waals surface area contributed by atoms with E-state index >= 15 is 0 Å². The molecule has 2 heterocycles. The highest BCUT2D eigenvalue weighted by Gasteiger charge is 2.22. The van der Waals surface area contributed by atoms with E-state index in [0.29, 0.717) is 23.1 Å². The molecule has 0 saturated carbocycles. The van der Waals surface area contributed by atoms with Crippen LogP contribution in [-0.4, -0.2) is 34.4 Å².